The number of aryl methyl sites for hydroxylation is 1. The van der Waals surface area contributed by atoms with Crippen molar-refractivity contribution in [2.24, 2.45) is 5.92 Å². The van der Waals surface area contributed by atoms with Gasteiger partial charge in [0.15, 0.2) is 0 Å². The number of benzene rings is 2. The van der Waals surface area contributed by atoms with E-state index in [0.29, 0.717) is 11.7 Å². The predicted molar refractivity (Wildman–Crippen MR) is 107 cm³/mol. The highest BCUT2D eigenvalue weighted by Gasteiger charge is 2.18. The van der Waals surface area contributed by atoms with Gasteiger partial charge < -0.3 is 9.08 Å². The molecule has 0 radical (unpaired) electrons. The van der Waals surface area contributed by atoms with Crippen LogP contribution in [0, 0.1) is 12.8 Å². The van der Waals surface area contributed by atoms with Crippen molar-refractivity contribution < 1.29 is 12.6 Å². The van der Waals surface area contributed by atoms with Crippen LogP contribution in [0.1, 0.15) is 25.0 Å². The van der Waals surface area contributed by atoms with Gasteiger partial charge in [-0.1, -0.05) is 42.8 Å². The van der Waals surface area contributed by atoms with Gasteiger partial charge in [0.05, 0.1) is 0 Å². The number of hydrogen-bond acceptors (Lipinski definition) is 4. The third-order valence-corrected chi connectivity index (χ3v) is 5.43. The zero-order chi connectivity index (χ0) is 19.3. The minimum atomic E-state index is -3.85. The third kappa shape index (κ3) is 5.19. The Kier molecular flexibility index (Phi) is 6.62. The molecule has 0 aliphatic heterocycles. The molecule has 0 aliphatic rings. The summed E-state index contributed by atoms with van der Waals surface area (Å²) in [5, 5.41) is 0. The van der Waals surface area contributed by atoms with Crippen LogP contribution in [0.25, 0.3) is 5.57 Å². The molecule has 26 heavy (non-hydrogen) atoms. The van der Waals surface area contributed by atoms with Crippen molar-refractivity contribution in [3.63, 3.8) is 0 Å². The van der Waals surface area contributed by atoms with Gasteiger partial charge in [-0.3, -0.25) is 0 Å². The van der Waals surface area contributed by atoms with Crippen molar-refractivity contribution in [3.05, 3.63) is 65.7 Å². The predicted octanol–water partition coefficient (Wildman–Crippen LogP) is 4.36. The maximum absolute atomic E-state index is 12.5. The van der Waals surface area contributed by atoms with Crippen LogP contribution in [0.15, 0.2) is 59.5 Å². The fourth-order valence-corrected chi connectivity index (χ4v) is 3.91. The van der Waals surface area contributed by atoms with Crippen LogP contribution in [0.3, 0.4) is 0 Å². The van der Waals surface area contributed by atoms with Crippen LogP contribution in [0.2, 0.25) is 0 Å². The van der Waals surface area contributed by atoms with Gasteiger partial charge in [-0.2, -0.15) is 8.42 Å². The molecule has 0 bridgehead atoms. The molecule has 0 fully saturated rings. The Morgan fingerprint density at radius 1 is 1.15 bits per heavy atom. The van der Waals surface area contributed by atoms with Crippen molar-refractivity contribution >= 4 is 15.7 Å². The maximum Gasteiger partial charge on any atom is 0.339 e. The van der Waals surface area contributed by atoms with E-state index in [4.69, 9.17) is 4.18 Å². The van der Waals surface area contributed by atoms with Gasteiger partial charge in [-0.25, -0.2) is 0 Å². The highest BCUT2D eigenvalue weighted by atomic mass is 32.2. The van der Waals surface area contributed by atoms with Crippen LogP contribution >= 0.6 is 0 Å². The molecule has 0 aliphatic carbocycles. The smallest absolute Gasteiger partial charge is 0.339 e. The molecule has 0 heterocycles. The number of rotatable bonds is 7. The second-order valence-corrected chi connectivity index (χ2v) is 8.33. The number of allylic oxidation sites excluding steroid dienone is 1. The summed E-state index contributed by atoms with van der Waals surface area (Å²) in [4.78, 5) is 2.29. The van der Waals surface area contributed by atoms with Crippen LogP contribution in [0.4, 0.5) is 0 Å². The molecule has 5 heteroatoms. The van der Waals surface area contributed by atoms with E-state index in [-0.39, 0.29) is 4.90 Å². The topological polar surface area (TPSA) is 46.6 Å². The highest BCUT2D eigenvalue weighted by Crippen LogP contribution is 2.28. The lowest BCUT2D eigenvalue weighted by atomic mass is 9.93. The average molecular weight is 374 g/mol. The summed E-state index contributed by atoms with van der Waals surface area (Å²) >= 11 is 0. The molecule has 140 valence electrons. The monoisotopic (exact) mass is 373 g/mol. The zero-order valence-electron chi connectivity index (χ0n) is 16.1. The van der Waals surface area contributed by atoms with Gasteiger partial charge in [-0.15, -0.1) is 0 Å². The van der Waals surface area contributed by atoms with Gasteiger partial charge in [-0.05, 0) is 69.3 Å². The van der Waals surface area contributed by atoms with Crippen molar-refractivity contribution in [2.45, 2.75) is 25.7 Å². The quantitative estimate of drug-likeness (QED) is 0.677. The Morgan fingerprint density at radius 2 is 1.81 bits per heavy atom. The molecular formula is C21H27NO3S. The highest BCUT2D eigenvalue weighted by molar-refractivity contribution is 7.87. The van der Waals surface area contributed by atoms with Crippen molar-refractivity contribution in [1.82, 2.24) is 4.90 Å². The third-order valence-electron chi connectivity index (χ3n) is 4.16. The summed E-state index contributed by atoms with van der Waals surface area (Å²) in [6.07, 6.45) is 2.07. The second-order valence-electron chi connectivity index (χ2n) is 6.79. The molecule has 2 aromatic rings. The Labute approximate surface area is 157 Å². The van der Waals surface area contributed by atoms with E-state index in [1.165, 1.54) is 0 Å². The van der Waals surface area contributed by atoms with E-state index in [9.17, 15) is 8.42 Å². The molecule has 4 nitrogen and oxygen atoms in total. The summed E-state index contributed by atoms with van der Waals surface area (Å²) in [6, 6.07) is 13.9. The summed E-state index contributed by atoms with van der Waals surface area (Å²) < 4.78 is 30.4. The van der Waals surface area contributed by atoms with E-state index in [2.05, 4.69) is 17.9 Å². The Bertz CT molecular complexity index is 868. The normalized spacial score (nSPS) is 13.7. The van der Waals surface area contributed by atoms with Crippen molar-refractivity contribution in [1.29, 1.82) is 0 Å². The van der Waals surface area contributed by atoms with Crippen LogP contribution in [-0.4, -0.2) is 34.0 Å². The van der Waals surface area contributed by atoms with Gasteiger partial charge in [0.25, 0.3) is 0 Å². The summed E-state index contributed by atoms with van der Waals surface area (Å²) in [7, 11) is 0.232. The molecule has 0 aromatic heterocycles. The molecular weight excluding hydrogens is 346 g/mol. The lowest BCUT2D eigenvalue weighted by Crippen LogP contribution is -2.20. The first-order chi connectivity index (χ1) is 12.2. The lowest BCUT2D eigenvalue weighted by molar-refractivity contribution is 0.376. The minimum absolute atomic E-state index is 0.153. The first-order valence-corrected chi connectivity index (χ1v) is 10.1. The standard InChI is InChI=1S/C21H27NO3S/c1-6-21(17(3)15-22(4)5)18-8-7-9-19(14-18)25-26(23,24)20-12-10-16(2)11-13-20/h6-14,17H,15H2,1-5H3/b21-6-. The fraction of sp³-hybridized carbons (Fsp3) is 0.333. The summed E-state index contributed by atoms with van der Waals surface area (Å²) in [6.45, 7) is 6.98. The Hall–Kier alpha value is -2.11. The van der Waals surface area contributed by atoms with Crippen LogP contribution in [0.5, 0.6) is 5.75 Å². The molecule has 0 N–H and O–H groups in total. The number of hydrogen-bond donors (Lipinski definition) is 0. The summed E-state index contributed by atoms with van der Waals surface area (Å²) in [5.41, 5.74) is 3.13. The van der Waals surface area contributed by atoms with E-state index < -0.39 is 10.1 Å². The molecule has 2 rings (SSSR count). The SMILES string of the molecule is C/C=C(\c1cccc(OS(=O)(=O)c2ccc(C)cc2)c1)C(C)CN(C)C. The Morgan fingerprint density at radius 3 is 2.38 bits per heavy atom. The first-order valence-electron chi connectivity index (χ1n) is 8.65. The molecule has 2 aromatic carbocycles. The number of nitrogens with zero attached hydrogens (tertiary/aromatic N) is 1. The van der Waals surface area contributed by atoms with Crippen LogP contribution in [-0.2, 0) is 10.1 Å². The van der Waals surface area contributed by atoms with Crippen molar-refractivity contribution in [3.8, 4) is 5.75 Å². The van der Waals surface area contributed by atoms with Gasteiger partial charge in [0.1, 0.15) is 10.6 Å². The van der Waals surface area contributed by atoms with E-state index in [0.717, 1.165) is 23.2 Å². The van der Waals surface area contributed by atoms with Crippen LogP contribution < -0.4 is 4.18 Å². The maximum atomic E-state index is 12.5. The van der Waals surface area contributed by atoms with Gasteiger partial charge in [0, 0.05) is 6.54 Å². The lowest BCUT2D eigenvalue weighted by Gasteiger charge is -2.20. The molecule has 0 amide bonds. The van der Waals surface area contributed by atoms with E-state index in [1.807, 2.05) is 40.1 Å². The molecule has 0 spiro atoms. The van der Waals surface area contributed by atoms with E-state index in [1.54, 1.807) is 36.4 Å². The molecule has 0 saturated heterocycles. The second kappa shape index (κ2) is 8.52. The summed E-state index contributed by atoms with van der Waals surface area (Å²) in [5.74, 6) is 0.637. The fourth-order valence-electron chi connectivity index (χ4n) is 2.99. The minimum Gasteiger partial charge on any atom is -0.379 e. The molecule has 0 saturated carbocycles. The van der Waals surface area contributed by atoms with Gasteiger partial charge in [0.2, 0.25) is 0 Å². The molecule has 1 unspecified atom stereocenters. The molecule has 1 atom stereocenters. The average Bonchev–Trinajstić information content (AvgIpc) is 2.55. The zero-order valence-corrected chi connectivity index (χ0v) is 16.9. The largest absolute Gasteiger partial charge is 0.379 e. The van der Waals surface area contributed by atoms with Gasteiger partial charge >= 0.3 is 10.1 Å². The first kappa shape index (κ1) is 20.2. The van der Waals surface area contributed by atoms with Crippen molar-refractivity contribution in [2.75, 3.05) is 20.6 Å². The van der Waals surface area contributed by atoms with E-state index >= 15 is 0 Å². The Balaban J connectivity index is 2.27.